The van der Waals surface area contributed by atoms with E-state index in [4.69, 9.17) is 0 Å². The number of sulfone groups is 1. The molecule has 2 aromatic carbocycles. The van der Waals surface area contributed by atoms with Gasteiger partial charge in [0.1, 0.15) is 0 Å². The van der Waals surface area contributed by atoms with Crippen LogP contribution < -0.4 is 0 Å². The van der Waals surface area contributed by atoms with E-state index >= 15 is 0 Å². The van der Waals surface area contributed by atoms with Crippen molar-refractivity contribution in [3.05, 3.63) is 47.5 Å². The van der Waals surface area contributed by atoms with Gasteiger partial charge in [0.25, 0.3) is 0 Å². The largest absolute Gasteiger partial charge is 0.385 e. The van der Waals surface area contributed by atoms with Crippen LogP contribution in [0.15, 0.2) is 36.4 Å². The highest BCUT2D eigenvalue weighted by atomic mass is 32.2. The van der Waals surface area contributed by atoms with E-state index in [1.807, 2.05) is 30.3 Å². The van der Waals surface area contributed by atoms with Crippen molar-refractivity contribution in [2.45, 2.75) is 48.7 Å². The average molecular weight is 316 g/mol. The second-order valence-electron chi connectivity index (χ2n) is 6.83. The summed E-state index contributed by atoms with van der Waals surface area (Å²) in [6.07, 6.45) is 2.05. The molecule has 3 nitrogen and oxygen atoms in total. The molecule has 116 valence electrons. The predicted octanol–water partition coefficient (Wildman–Crippen LogP) is 3.08. The van der Waals surface area contributed by atoms with Crippen LogP contribution in [0.4, 0.5) is 0 Å². The highest BCUT2D eigenvalue weighted by molar-refractivity contribution is 7.93. The molecular weight excluding hydrogens is 296 g/mol. The maximum Gasteiger partial charge on any atom is 0.156 e. The molecule has 0 spiro atoms. The Morgan fingerprint density at radius 2 is 1.59 bits per heavy atom. The molecule has 0 amide bonds. The van der Waals surface area contributed by atoms with Crippen molar-refractivity contribution in [2.24, 2.45) is 0 Å². The molecule has 2 heterocycles. The Morgan fingerprint density at radius 3 is 2.23 bits per heavy atom. The van der Waals surface area contributed by atoms with Gasteiger partial charge >= 0.3 is 0 Å². The first kappa shape index (κ1) is 14.2. The summed E-state index contributed by atoms with van der Waals surface area (Å²) in [7, 11) is -3.03. The van der Waals surface area contributed by atoms with Crippen LogP contribution in [-0.2, 0) is 15.4 Å². The zero-order valence-corrected chi connectivity index (χ0v) is 13.4. The highest BCUT2D eigenvalue weighted by Crippen LogP contribution is 2.49. The molecule has 2 aromatic rings. The average Bonchev–Trinajstić information content (AvgIpc) is 2.66. The lowest BCUT2D eigenvalue weighted by atomic mass is 9.82. The fourth-order valence-electron chi connectivity index (χ4n) is 4.32. The van der Waals surface area contributed by atoms with E-state index in [0.29, 0.717) is 25.7 Å². The molecule has 2 aliphatic rings. The minimum absolute atomic E-state index is 0.332. The Hall–Kier alpha value is -1.39. The molecule has 2 atom stereocenters. The molecule has 2 saturated heterocycles. The van der Waals surface area contributed by atoms with Gasteiger partial charge in [-0.15, -0.1) is 0 Å². The van der Waals surface area contributed by atoms with Gasteiger partial charge in [0, 0.05) is 0 Å². The molecule has 0 saturated carbocycles. The lowest BCUT2D eigenvalue weighted by Crippen LogP contribution is -2.43. The number of hydrogen-bond donors (Lipinski definition) is 1. The number of hydrogen-bond acceptors (Lipinski definition) is 3. The van der Waals surface area contributed by atoms with Gasteiger partial charge in [-0.1, -0.05) is 36.4 Å². The summed E-state index contributed by atoms with van der Waals surface area (Å²) in [4.78, 5) is 0. The molecule has 4 rings (SSSR count). The van der Waals surface area contributed by atoms with Crippen LogP contribution in [-0.4, -0.2) is 24.0 Å². The lowest BCUT2D eigenvalue weighted by molar-refractivity contribution is 0.0188. The molecular formula is C18H20O3S. The molecule has 1 N–H and O–H groups in total. The zero-order chi connectivity index (χ0) is 15.5. The van der Waals surface area contributed by atoms with E-state index in [0.717, 1.165) is 16.3 Å². The number of benzene rings is 2. The first-order valence-corrected chi connectivity index (χ1v) is 9.47. The molecule has 2 bridgehead atoms. The standard InChI is InChI=1S/C18H20O3S/c1-12-6-9-17(16-5-3-2-4-15(12)16)18(19)10-13-7-8-14(11-18)22(13,20)21/h2-6,9,13-14,19H,7-8,10-11H2,1H3. The monoisotopic (exact) mass is 316 g/mol. The van der Waals surface area contributed by atoms with E-state index in [2.05, 4.69) is 13.0 Å². The topological polar surface area (TPSA) is 54.4 Å². The smallest absolute Gasteiger partial charge is 0.156 e. The minimum atomic E-state index is -3.03. The van der Waals surface area contributed by atoms with Crippen LogP contribution in [0, 0.1) is 6.92 Å². The third kappa shape index (κ3) is 1.87. The van der Waals surface area contributed by atoms with Crippen molar-refractivity contribution in [3.63, 3.8) is 0 Å². The van der Waals surface area contributed by atoms with Crippen LogP contribution in [0.3, 0.4) is 0 Å². The number of aliphatic hydroxyl groups is 1. The summed E-state index contributed by atoms with van der Waals surface area (Å²) in [6.45, 7) is 2.06. The van der Waals surface area contributed by atoms with Crippen LogP contribution in [0.25, 0.3) is 10.8 Å². The number of fused-ring (bicyclic) bond motifs is 3. The third-order valence-electron chi connectivity index (χ3n) is 5.51. The second-order valence-corrected chi connectivity index (χ2v) is 9.34. The van der Waals surface area contributed by atoms with E-state index in [1.165, 1.54) is 5.56 Å². The Balaban J connectivity index is 1.88. The number of aryl methyl sites for hydroxylation is 1. The van der Waals surface area contributed by atoms with Crippen LogP contribution in [0.1, 0.15) is 36.8 Å². The van der Waals surface area contributed by atoms with Crippen molar-refractivity contribution in [3.8, 4) is 0 Å². The van der Waals surface area contributed by atoms with E-state index < -0.39 is 15.4 Å². The van der Waals surface area contributed by atoms with Gasteiger partial charge in [-0.05, 0) is 54.5 Å². The van der Waals surface area contributed by atoms with Crippen LogP contribution >= 0.6 is 0 Å². The molecule has 2 fully saturated rings. The molecule has 0 aromatic heterocycles. The number of rotatable bonds is 1. The third-order valence-corrected chi connectivity index (χ3v) is 8.18. The quantitative estimate of drug-likeness (QED) is 0.879. The summed E-state index contributed by atoms with van der Waals surface area (Å²) in [5.41, 5.74) is 1.04. The van der Waals surface area contributed by atoms with Gasteiger partial charge in [-0.2, -0.15) is 0 Å². The molecule has 0 aliphatic carbocycles. The maximum absolute atomic E-state index is 12.3. The Labute approximate surface area is 130 Å². The zero-order valence-electron chi connectivity index (χ0n) is 12.6. The molecule has 2 unspecified atom stereocenters. The van der Waals surface area contributed by atoms with E-state index in [9.17, 15) is 13.5 Å². The summed E-state index contributed by atoms with van der Waals surface area (Å²) in [5.74, 6) is 0. The predicted molar refractivity (Wildman–Crippen MR) is 87.5 cm³/mol. The molecule has 2 aliphatic heterocycles. The van der Waals surface area contributed by atoms with Crippen molar-refractivity contribution >= 4 is 20.6 Å². The van der Waals surface area contributed by atoms with E-state index in [1.54, 1.807) is 0 Å². The van der Waals surface area contributed by atoms with Gasteiger partial charge in [-0.3, -0.25) is 0 Å². The summed E-state index contributed by atoms with van der Waals surface area (Å²) >= 11 is 0. The summed E-state index contributed by atoms with van der Waals surface area (Å²) < 4.78 is 24.6. The second kappa shape index (κ2) is 4.56. The highest BCUT2D eigenvalue weighted by Gasteiger charge is 2.53. The summed E-state index contributed by atoms with van der Waals surface area (Å²) in [6, 6.07) is 12.1. The van der Waals surface area contributed by atoms with Gasteiger partial charge in [0.05, 0.1) is 16.1 Å². The van der Waals surface area contributed by atoms with Gasteiger partial charge < -0.3 is 5.11 Å². The van der Waals surface area contributed by atoms with Crippen molar-refractivity contribution in [1.29, 1.82) is 0 Å². The molecule has 22 heavy (non-hydrogen) atoms. The van der Waals surface area contributed by atoms with Crippen LogP contribution in [0.2, 0.25) is 0 Å². The van der Waals surface area contributed by atoms with E-state index in [-0.39, 0.29) is 10.5 Å². The summed E-state index contributed by atoms with van der Waals surface area (Å²) in [5, 5.41) is 12.7. The molecule has 4 heteroatoms. The van der Waals surface area contributed by atoms with Crippen molar-refractivity contribution in [2.75, 3.05) is 0 Å². The van der Waals surface area contributed by atoms with Gasteiger partial charge in [0.15, 0.2) is 9.84 Å². The first-order chi connectivity index (χ1) is 10.4. The molecule has 0 radical (unpaired) electrons. The minimum Gasteiger partial charge on any atom is -0.385 e. The first-order valence-electron chi connectivity index (χ1n) is 7.86. The Morgan fingerprint density at radius 1 is 1.00 bits per heavy atom. The van der Waals surface area contributed by atoms with Gasteiger partial charge in [-0.25, -0.2) is 8.42 Å². The Bertz CT molecular complexity index is 834. The van der Waals surface area contributed by atoms with Crippen molar-refractivity contribution in [1.82, 2.24) is 0 Å². The maximum atomic E-state index is 12.3. The fraction of sp³-hybridized carbons (Fsp3) is 0.444. The SMILES string of the molecule is Cc1ccc(C2(O)CC3CCC(C2)S3(=O)=O)c2ccccc12. The fourth-order valence-corrected chi connectivity index (χ4v) is 6.81. The van der Waals surface area contributed by atoms with Crippen LogP contribution in [0.5, 0.6) is 0 Å². The van der Waals surface area contributed by atoms with Crippen molar-refractivity contribution < 1.29 is 13.5 Å². The van der Waals surface area contributed by atoms with Gasteiger partial charge in [0.2, 0.25) is 0 Å². The normalized spacial score (nSPS) is 33.2. The Kier molecular flexibility index (Phi) is 2.94. The lowest BCUT2D eigenvalue weighted by Gasteiger charge is -2.37.